The van der Waals surface area contributed by atoms with Gasteiger partial charge in [0, 0.05) is 30.4 Å². The molecule has 1 fully saturated rings. The van der Waals surface area contributed by atoms with Crippen molar-refractivity contribution in [1.82, 2.24) is 24.8 Å². The number of morpholine rings is 1. The molecule has 0 radical (unpaired) electrons. The molecule has 0 spiro atoms. The van der Waals surface area contributed by atoms with Crippen LogP contribution in [0.4, 0.5) is 20.3 Å². The molecule has 3 heterocycles. The Morgan fingerprint density at radius 2 is 1.76 bits per heavy atom. The van der Waals surface area contributed by atoms with Gasteiger partial charge in [0.2, 0.25) is 11.9 Å². The largest absolute Gasteiger partial charge is 0.378 e. The second kappa shape index (κ2) is 10.6. The van der Waals surface area contributed by atoms with E-state index in [9.17, 15) is 13.6 Å². The van der Waals surface area contributed by atoms with Crippen LogP contribution in [-0.4, -0.2) is 64.8 Å². The minimum absolute atomic E-state index is 0.114. The van der Waals surface area contributed by atoms with Gasteiger partial charge in [0.25, 0.3) is 6.43 Å². The zero-order chi connectivity index (χ0) is 25.9. The maximum atomic E-state index is 14.1. The Morgan fingerprint density at radius 1 is 1.03 bits per heavy atom. The maximum absolute atomic E-state index is 14.1. The van der Waals surface area contributed by atoms with Gasteiger partial charge in [-0.3, -0.25) is 9.36 Å². The number of likely N-dealkylation sites (N-methyl/N-ethyl adjacent to an activating group) is 1. The number of carbonyl (C=O) groups is 1. The number of fused-ring (bicyclic) bond motifs is 1. The van der Waals surface area contributed by atoms with Gasteiger partial charge in [0.15, 0.2) is 5.82 Å². The standard InChI is InChI=1S/C26H27F2N7O2/c1-16(29-2)25(36)30-18-9-7-17(8-10-18)20-15-22(34-11-13-37-14-12-34)33-26(32-20)35-21-6-4-3-5-19(21)31-24(35)23(27)28/h3-10,15-16,23,29H,11-14H2,1-2H3,(H,30,36)/t16-/m0/s1. The van der Waals surface area contributed by atoms with Gasteiger partial charge in [-0.05, 0) is 38.2 Å². The minimum Gasteiger partial charge on any atom is -0.378 e. The highest BCUT2D eigenvalue weighted by Crippen LogP contribution is 2.30. The lowest BCUT2D eigenvalue weighted by Gasteiger charge is -2.28. The summed E-state index contributed by atoms with van der Waals surface area (Å²) >= 11 is 0. The number of hydrogen-bond acceptors (Lipinski definition) is 7. The lowest BCUT2D eigenvalue weighted by molar-refractivity contribution is -0.117. The molecule has 37 heavy (non-hydrogen) atoms. The number of halogens is 2. The monoisotopic (exact) mass is 507 g/mol. The topological polar surface area (TPSA) is 97.2 Å². The molecule has 9 nitrogen and oxygen atoms in total. The van der Waals surface area contributed by atoms with Crippen molar-refractivity contribution in [2.45, 2.75) is 19.4 Å². The van der Waals surface area contributed by atoms with E-state index in [1.807, 2.05) is 23.1 Å². The van der Waals surface area contributed by atoms with E-state index >= 15 is 0 Å². The van der Waals surface area contributed by atoms with Crippen molar-refractivity contribution in [2.24, 2.45) is 0 Å². The molecule has 1 aliphatic rings. The van der Waals surface area contributed by atoms with Crippen molar-refractivity contribution in [3.8, 4) is 17.2 Å². The number of amides is 1. The lowest BCUT2D eigenvalue weighted by atomic mass is 10.1. The molecule has 2 N–H and O–H groups in total. The first kappa shape index (κ1) is 24.7. The van der Waals surface area contributed by atoms with Crippen LogP contribution in [-0.2, 0) is 9.53 Å². The Labute approximate surface area is 212 Å². The van der Waals surface area contributed by atoms with Crippen LogP contribution in [0.2, 0.25) is 0 Å². The summed E-state index contributed by atoms with van der Waals surface area (Å²) in [5.41, 5.74) is 2.89. The number of nitrogens with zero attached hydrogens (tertiary/aromatic N) is 5. The van der Waals surface area contributed by atoms with E-state index in [0.717, 1.165) is 5.56 Å². The molecule has 192 valence electrons. The van der Waals surface area contributed by atoms with E-state index in [0.29, 0.717) is 54.5 Å². The predicted molar refractivity (Wildman–Crippen MR) is 137 cm³/mol. The molecule has 1 aliphatic heterocycles. The first-order chi connectivity index (χ1) is 17.9. The number of benzene rings is 2. The third-order valence-electron chi connectivity index (χ3n) is 6.29. The molecule has 0 aliphatic carbocycles. The molecule has 5 rings (SSSR count). The Morgan fingerprint density at radius 3 is 2.46 bits per heavy atom. The summed E-state index contributed by atoms with van der Waals surface area (Å²) in [4.78, 5) is 27.8. The quantitative estimate of drug-likeness (QED) is 0.393. The van der Waals surface area contributed by atoms with Crippen molar-refractivity contribution in [3.63, 3.8) is 0 Å². The van der Waals surface area contributed by atoms with Crippen LogP contribution in [0.15, 0.2) is 54.6 Å². The van der Waals surface area contributed by atoms with Gasteiger partial charge in [-0.15, -0.1) is 0 Å². The minimum atomic E-state index is -2.81. The average Bonchev–Trinajstić information content (AvgIpc) is 3.33. The summed E-state index contributed by atoms with van der Waals surface area (Å²) in [6, 6.07) is 15.7. The van der Waals surface area contributed by atoms with Crippen LogP contribution in [0.3, 0.4) is 0 Å². The molecule has 1 atom stereocenters. The first-order valence-corrected chi connectivity index (χ1v) is 12.0. The summed E-state index contributed by atoms with van der Waals surface area (Å²) in [5.74, 6) is 0.161. The lowest BCUT2D eigenvalue weighted by Crippen LogP contribution is -2.37. The Hall–Kier alpha value is -3.96. The fourth-order valence-corrected chi connectivity index (χ4v) is 4.13. The molecular formula is C26H27F2N7O2. The number of hydrogen-bond donors (Lipinski definition) is 2. The second-order valence-electron chi connectivity index (χ2n) is 8.68. The fourth-order valence-electron chi connectivity index (χ4n) is 4.13. The highest BCUT2D eigenvalue weighted by molar-refractivity contribution is 5.94. The van der Waals surface area contributed by atoms with Gasteiger partial charge in [-0.25, -0.2) is 18.7 Å². The molecule has 0 bridgehead atoms. The number of anilines is 2. The van der Waals surface area contributed by atoms with E-state index in [4.69, 9.17) is 4.74 Å². The van der Waals surface area contributed by atoms with Crippen molar-refractivity contribution in [3.05, 3.63) is 60.4 Å². The van der Waals surface area contributed by atoms with Gasteiger partial charge in [0.05, 0.1) is 36.0 Å². The van der Waals surface area contributed by atoms with Crippen LogP contribution < -0.4 is 15.5 Å². The zero-order valence-electron chi connectivity index (χ0n) is 20.5. The zero-order valence-corrected chi connectivity index (χ0v) is 20.5. The number of rotatable bonds is 7. The van der Waals surface area contributed by atoms with Crippen LogP contribution in [0, 0.1) is 0 Å². The van der Waals surface area contributed by atoms with Crippen molar-refractivity contribution in [2.75, 3.05) is 43.6 Å². The van der Waals surface area contributed by atoms with E-state index in [2.05, 4.69) is 25.6 Å². The Kier molecular flexibility index (Phi) is 7.06. The summed E-state index contributed by atoms with van der Waals surface area (Å²) in [6.45, 7) is 4.11. The summed E-state index contributed by atoms with van der Waals surface area (Å²) in [6.07, 6.45) is -2.81. The first-order valence-electron chi connectivity index (χ1n) is 12.0. The molecular weight excluding hydrogens is 480 g/mol. The molecule has 2 aromatic carbocycles. The number of carbonyl (C=O) groups excluding carboxylic acids is 1. The summed E-state index contributed by atoms with van der Waals surface area (Å²) in [7, 11) is 1.72. The number of para-hydroxylation sites is 2. The number of imidazole rings is 1. The fraction of sp³-hybridized carbons (Fsp3) is 0.308. The average molecular weight is 508 g/mol. The van der Waals surface area contributed by atoms with Crippen LogP contribution >= 0.6 is 0 Å². The van der Waals surface area contributed by atoms with Crippen molar-refractivity contribution >= 4 is 28.4 Å². The van der Waals surface area contributed by atoms with E-state index in [1.165, 1.54) is 4.57 Å². The molecule has 4 aromatic rings. The number of nitrogens with one attached hydrogen (secondary N) is 2. The number of alkyl halides is 2. The van der Waals surface area contributed by atoms with Crippen LogP contribution in [0.1, 0.15) is 19.2 Å². The maximum Gasteiger partial charge on any atom is 0.296 e. The highest BCUT2D eigenvalue weighted by atomic mass is 19.3. The molecule has 2 aromatic heterocycles. The van der Waals surface area contributed by atoms with E-state index in [-0.39, 0.29) is 17.9 Å². The predicted octanol–water partition coefficient (Wildman–Crippen LogP) is 3.80. The van der Waals surface area contributed by atoms with Gasteiger partial charge in [0.1, 0.15) is 5.82 Å². The molecule has 0 saturated carbocycles. The van der Waals surface area contributed by atoms with Crippen LogP contribution in [0.5, 0.6) is 0 Å². The number of aromatic nitrogens is 4. The SMILES string of the molecule is CN[C@@H](C)C(=O)Nc1ccc(-c2cc(N3CCOCC3)nc(-n3c(C(F)F)nc4ccccc43)n2)cc1. The van der Waals surface area contributed by atoms with E-state index in [1.54, 1.807) is 50.4 Å². The Bertz CT molecular complexity index is 1400. The molecule has 1 saturated heterocycles. The van der Waals surface area contributed by atoms with Gasteiger partial charge in [-0.2, -0.15) is 4.98 Å². The second-order valence-corrected chi connectivity index (χ2v) is 8.68. The third kappa shape index (κ3) is 5.13. The van der Waals surface area contributed by atoms with Crippen LogP contribution in [0.25, 0.3) is 28.2 Å². The van der Waals surface area contributed by atoms with Crippen molar-refractivity contribution in [1.29, 1.82) is 0 Å². The normalized spacial score (nSPS) is 14.8. The molecule has 11 heteroatoms. The summed E-state index contributed by atoms with van der Waals surface area (Å²) in [5, 5.41) is 5.76. The van der Waals surface area contributed by atoms with E-state index < -0.39 is 12.2 Å². The third-order valence-corrected chi connectivity index (χ3v) is 6.29. The molecule has 1 amide bonds. The van der Waals surface area contributed by atoms with Gasteiger partial charge in [-0.1, -0.05) is 24.3 Å². The number of ether oxygens (including phenoxy) is 1. The smallest absolute Gasteiger partial charge is 0.296 e. The van der Waals surface area contributed by atoms with Crippen molar-refractivity contribution < 1.29 is 18.3 Å². The van der Waals surface area contributed by atoms with Gasteiger partial charge >= 0.3 is 0 Å². The molecule has 0 unspecified atom stereocenters. The Balaban J connectivity index is 1.59. The summed E-state index contributed by atoms with van der Waals surface area (Å²) < 4.78 is 34.9. The van der Waals surface area contributed by atoms with Gasteiger partial charge < -0.3 is 20.3 Å². The highest BCUT2D eigenvalue weighted by Gasteiger charge is 2.24.